The van der Waals surface area contributed by atoms with Gasteiger partial charge in [0.15, 0.2) is 6.61 Å². The predicted molar refractivity (Wildman–Crippen MR) is 106 cm³/mol. The van der Waals surface area contributed by atoms with E-state index in [0.29, 0.717) is 13.1 Å². The number of nitrogens with zero attached hydrogens (tertiary/aromatic N) is 2. The maximum atomic E-state index is 12.4. The standard InChI is InChI=1S/C19H21IN2O3/c1-24-18-5-3-2-4-17(18)21-10-12-22(13-11-21)19(23)14-25-16-8-6-15(20)7-9-16/h2-9H,10-14H2,1H3. The summed E-state index contributed by atoms with van der Waals surface area (Å²) in [5.41, 5.74) is 1.08. The monoisotopic (exact) mass is 452 g/mol. The summed E-state index contributed by atoms with van der Waals surface area (Å²) in [6.45, 7) is 3.03. The first kappa shape index (κ1) is 17.8. The molecule has 0 atom stereocenters. The highest BCUT2D eigenvalue weighted by Crippen LogP contribution is 2.28. The van der Waals surface area contributed by atoms with Crippen molar-refractivity contribution in [1.82, 2.24) is 4.90 Å². The van der Waals surface area contributed by atoms with Crippen LogP contribution in [0.15, 0.2) is 48.5 Å². The molecule has 0 saturated carbocycles. The van der Waals surface area contributed by atoms with Crippen molar-refractivity contribution in [2.45, 2.75) is 0 Å². The van der Waals surface area contributed by atoms with Crippen LogP contribution in [0, 0.1) is 3.57 Å². The number of anilines is 1. The number of methoxy groups -OCH3 is 1. The van der Waals surface area contributed by atoms with Gasteiger partial charge in [0.2, 0.25) is 0 Å². The van der Waals surface area contributed by atoms with Crippen molar-refractivity contribution in [3.05, 3.63) is 52.1 Å². The number of halogens is 1. The van der Waals surface area contributed by atoms with Crippen LogP contribution in [0.25, 0.3) is 0 Å². The molecule has 132 valence electrons. The van der Waals surface area contributed by atoms with Crippen molar-refractivity contribution in [3.8, 4) is 11.5 Å². The zero-order valence-electron chi connectivity index (χ0n) is 14.2. The van der Waals surface area contributed by atoms with Crippen LogP contribution in [0.2, 0.25) is 0 Å². The van der Waals surface area contributed by atoms with Crippen LogP contribution in [0.1, 0.15) is 0 Å². The number of para-hydroxylation sites is 2. The molecule has 1 aliphatic rings. The van der Waals surface area contributed by atoms with E-state index in [1.165, 1.54) is 0 Å². The van der Waals surface area contributed by atoms with E-state index in [4.69, 9.17) is 9.47 Å². The van der Waals surface area contributed by atoms with Gasteiger partial charge in [0, 0.05) is 29.7 Å². The Hall–Kier alpha value is -1.96. The Kier molecular flexibility index (Phi) is 6.01. The molecule has 0 aromatic heterocycles. The van der Waals surface area contributed by atoms with Crippen LogP contribution in [0.5, 0.6) is 11.5 Å². The number of benzene rings is 2. The summed E-state index contributed by atoms with van der Waals surface area (Å²) >= 11 is 2.24. The second-order valence-electron chi connectivity index (χ2n) is 5.78. The smallest absolute Gasteiger partial charge is 0.260 e. The van der Waals surface area contributed by atoms with Gasteiger partial charge in [-0.25, -0.2) is 0 Å². The van der Waals surface area contributed by atoms with Gasteiger partial charge in [-0.15, -0.1) is 0 Å². The Morgan fingerprint density at radius 1 is 1.04 bits per heavy atom. The molecule has 25 heavy (non-hydrogen) atoms. The molecule has 2 aromatic carbocycles. The first-order chi connectivity index (χ1) is 12.2. The van der Waals surface area contributed by atoms with Crippen LogP contribution in [-0.2, 0) is 4.79 Å². The summed E-state index contributed by atoms with van der Waals surface area (Å²) in [5, 5.41) is 0. The number of ether oxygens (including phenoxy) is 2. The molecule has 1 amide bonds. The highest BCUT2D eigenvalue weighted by Gasteiger charge is 2.23. The molecule has 3 rings (SSSR count). The van der Waals surface area contributed by atoms with E-state index < -0.39 is 0 Å². The Balaban J connectivity index is 1.51. The Morgan fingerprint density at radius 2 is 1.72 bits per heavy atom. The van der Waals surface area contributed by atoms with E-state index >= 15 is 0 Å². The third-order valence-electron chi connectivity index (χ3n) is 4.23. The van der Waals surface area contributed by atoms with E-state index in [-0.39, 0.29) is 12.5 Å². The van der Waals surface area contributed by atoms with E-state index in [2.05, 4.69) is 33.6 Å². The predicted octanol–water partition coefficient (Wildman–Crippen LogP) is 3.03. The number of piperazine rings is 1. The van der Waals surface area contributed by atoms with E-state index in [1.54, 1.807) is 7.11 Å². The zero-order chi connectivity index (χ0) is 17.6. The molecule has 1 fully saturated rings. The molecular weight excluding hydrogens is 431 g/mol. The third-order valence-corrected chi connectivity index (χ3v) is 4.95. The molecule has 5 nitrogen and oxygen atoms in total. The van der Waals surface area contributed by atoms with Crippen molar-refractivity contribution >= 4 is 34.2 Å². The molecule has 0 radical (unpaired) electrons. The summed E-state index contributed by atoms with van der Waals surface area (Å²) in [6.07, 6.45) is 0. The SMILES string of the molecule is COc1ccccc1N1CCN(C(=O)COc2ccc(I)cc2)CC1. The third kappa shape index (κ3) is 4.56. The van der Waals surface area contributed by atoms with Gasteiger partial charge in [-0.05, 0) is 59.0 Å². The lowest BCUT2D eigenvalue weighted by Gasteiger charge is -2.36. The molecule has 1 heterocycles. The van der Waals surface area contributed by atoms with Gasteiger partial charge >= 0.3 is 0 Å². The topological polar surface area (TPSA) is 42.0 Å². The van der Waals surface area contributed by atoms with Crippen LogP contribution in [0.3, 0.4) is 0 Å². The van der Waals surface area contributed by atoms with Crippen LogP contribution >= 0.6 is 22.6 Å². The Labute approximate surface area is 161 Å². The fourth-order valence-electron chi connectivity index (χ4n) is 2.85. The lowest BCUT2D eigenvalue weighted by molar-refractivity contribution is -0.133. The summed E-state index contributed by atoms with van der Waals surface area (Å²) < 4.78 is 12.2. The minimum atomic E-state index is 0.0261. The van der Waals surface area contributed by atoms with Gasteiger partial charge in [0.25, 0.3) is 5.91 Å². The van der Waals surface area contributed by atoms with Crippen molar-refractivity contribution in [3.63, 3.8) is 0 Å². The van der Waals surface area contributed by atoms with Gasteiger partial charge in [-0.1, -0.05) is 12.1 Å². The average Bonchev–Trinajstić information content (AvgIpc) is 2.67. The van der Waals surface area contributed by atoms with Crippen molar-refractivity contribution in [1.29, 1.82) is 0 Å². The van der Waals surface area contributed by atoms with Gasteiger partial charge in [-0.3, -0.25) is 4.79 Å². The molecule has 1 aliphatic heterocycles. The molecule has 0 aliphatic carbocycles. The Bertz CT molecular complexity index is 713. The van der Waals surface area contributed by atoms with E-state index in [0.717, 1.165) is 33.8 Å². The van der Waals surface area contributed by atoms with Crippen LogP contribution in [-0.4, -0.2) is 50.7 Å². The minimum Gasteiger partial charge on any atom is -0.495 e. The second-order valence-corrected chi connectivity index (χ2v) is 7.03. The zero-order valence-corrected chi connectivity index (χ0v) is 16.3. The highest BCUT2D eigenvalue weighted by atomic mass is 127. The van der Waals surface area contributed by atoms with Crippen molar-refractivity contribution < 1.29 is 14.3 Å². The first-order valence-corrected chi connectivity index (χ1v) is 9.29. The maximum Gasteiger partial charge on any atom is 0.260 e. The molecule has 6 heteroatoms. The minimum absolute atomic E-state index is 0.0261. The summed E-state index contributed by atoms with van der Waals surface area (Å²) in [6, 6.07) is 15.7. The Morgan fingerprint density at radius 3 is 2.40 bits per heavy atom. The van der Waals surface area contributed by atoms with E-state index in [1.807, 2.05) is 47.4 Å². The first-order valence-electron chi connectivity index (χ1n) is 8.21. The number of hydrogen-bond acceptors (Lipinski definition) is 4. The molecule has 0 bridgehead atoms. The fourth-order valence-corrected chi connectivity index (χ4v) is 3.21. The number of amides is 1. The van der Waals surface area contributed by atoms with Gasteiger partial charge in [0.1, 0.15) is 11.5 Å². The van der Waals surface area contributed by atoms with E-state index in [9.17, 15) is 4.79 Å². The lowest BCUT2D eigenvalue weighted by atomic mass is 10.2. The molecule has 0 unspecified atom stereocenters. The quantitative estimate of drug-likeness (QED) is 0.655. The number of rotatable bonds is 5. The van der Waals surface area contributed by atoms with Crippen molar-refractivity contribution in [2.75, 3.05) is 44.8 Å². The van der Waals surface area contributed by atoms with Gasteiger partial charge in [0.05, 0.1) is 12.8 Å². The van der Waals surface area contributed by atoms with Gasteiger partial charge in [-0.2, -0.15) is 0 Å². The maximum absolute atomic E-state index is 12.4. The number of hydrogen-bond donors (Lipinski definition) is 0. The normalized spacial score (nSPS) is 14.3. The van der Waals surface area contributed by atoms with Crippen LogP contribution < -0.4 is 14.4 Å². The largest absolute Gasteiger partial charge is 0.495 e. The fraction of sp³-hybridized carbons (Fsp3) is 0.316. The molecular formula is C19H21IN2O3. The molecule has 2 aromatic rings. The van der Waals surface area contributed by atoms with Gasteiger partial charge < -0.3 is 19.3 Å². The number of carbonyl (C=O) groups excluding carboxylic acids is 1. The molecule has 0 spiro atoms. The van der Waals surface area contributed by atoms with Crippen LogP contribution in [0.4, 0.5) is 5.69 Å². The average molecular weight is 452 g/mol. The molecule has 0 N–H and O–H groups in total. The summed E-state index contributed by atoms with van der Waals surface area (Å²) in [5.74, 6) is 1.61. The number of carbonyl (C=O) groups is 1. The summed E-state index contributed by atoms with van der Waals surface area (Å²) in [4.78, 5) is 16.5. The second kappa shape index (κ2) is 8.42. The summed E-state index contributed by atoms with van der Waals surface area (Å²) in [7, 11) is 1.68. The molecule has 1 saturated heterocycles. The lowest BCUT2D eigenvalue weighted by Crippen LogP contribution is -2.50. The van der Waals surface area contributed by atoms with Crippen molar-refractivity contribution in [2.24, 2.45) is 0 Å². The highest BCUT2D eigenvalue weighted by molar-refractivity contribution is 14.1.